The van der Waals surface area contributed by atoms with E-state index >= 15 is 0 Å². The minimum absolute atomic E-state index is 0.00755. The van der Waals surface area contributed by atoms with Crippen molar-refractivity contribution >= 4 is 17.9 Å². The molecule has 0 amide bonds. The van der Waals surface area contributed by atoms with Crippen LogP contribution in [-0.2, 0) is 19.1 Å². The minimum Gasteiger partial charge on any atom is -0.481 e. The Balaban J connectivity index is 3.48. The van der Waals surface area contributed by atoms with Gasteiger partial charge in [-0.3, -0.25) is 4.79 Å². The Hall–Kier alpha value is -1.85. The van der Waals surface area contributed by atoms with Crippen molar-refractivity contribution in [2.75, 3.05) is 0 Å². The van der Waals surface area contributed by atoms with E-state index in [9.17, 15) is 24.6 Å². The van der Waals surface area contributed by atoms with Crippen molar-refractivity contribution in [1.82, 2.24) is 0 Å². The maximum atomic E-state index is 11.8. The van der Waals surface area contributed by atoms with Gasteiger partial charge in [-0.05, 0) is 25.2 Å². The van der Waals surface area contributed by atoms with Crippen LogP contribution >= 0.6 is 0 Å². The summed E-state index contributed by atoms with van der Waals surface area (Å²) < 4.78 is 5.09. The summed E-state index contributed by atoms with van der Waals surface area (Å²) in [5.74, 6) is -4.07. The van der Waals surface area contributed by atoms with Gasteiger partial charge in [-0.1, -0.05) is 26.8 Å². The van der Waals surface area contributed by atoms with Crippen LogP contribution < -0.4 is 0 Å². The molecule has 0 aromatic heterocycles. The highest BCUT2D eigenvalue weighted by Gasteiger charge is 2.66. The number of carbonyl (C=O) groups excluding carboxylic acids is 1. The molecule has 6 heteroatoms. The van der Waals surface area contributed by atoms with Gasteiger partial charge in [0.2, 0.25) is 5.60 Å². The molecule has 1 aliphatic rings. The van der Waals surface area contributed by atoms with E-state index in [1.54, 1.807) is 13.8 Å². The number of carbonyl (C=O) groups is 3. The highest BCUT2D eigenvalue weighted by Crippen LogP contribution is 2.52. The van der Waals surface area contributed by atoms with E-state index in [0.717, 1.165) is 6.08 Å². The smallest absolute Gasteiger partial charge is 0.349 e. The van der Waals surface area contributed by atoms with Gasteiger partial charge in [0.15, 0.2) is 0 Å². The van der Waals surface area contributed by atoms with E-state index in [4.69, 9.17) is 4.74 Å². The first-order valence-electron chi connectivity index (χ1n) is 6.57. The van der Waals surface area contributed by atoms with Gasteiger partial charge in [0.1, 0.15) is 5.41 Å². The summed E-state index contributed by atoms with van der Waals surface area (Å²) in [6.07, 6.45) is 2.10. The summed E-state index contributed by atoms with van der Waals surface area (Å²) in [5.41, 5.74) is -3.67. The van der Waals surface area contributed by atoms with Gasteiger partial charge in [-0.25, -0.2) is 9.59 Å². The Kier molecular flexibility index (Phi) is 4.57. The van der Waals surface area contributed by atoms with Crippen LogP contribution in [0.25, 0.3) is 0 Å². The number of hydrogen-bond donors (Lipinski definition) is 2. The van der Waals surface area contributed by atoms with Crippen LogP contribution in [0.2, 0.25) is 0 Å². The van der Waals surface area contributed by atoms with E-state index in [1.165, 1.54) is 0 Å². The molecular weight excluding hydrogens is 264 g/mol. The summed E-state index contributed by atoms with van der Waals surface area (Å²) >= 11 is 0. The van der Waals surface area contributed by atoms with Crippen LogP contribution in [0.5, 0.6) is 0 Å². The number of aliphatic carboxylic acids is 2. The monoisotopic (exact) mass is 284 g/mol. The molecule has 112 valence electrons. The number of hydrogen-bond acceptors (Lipinski definition) is 4. The van der Waals surface area contributed by atoms with Crippen molar-refractivity contribution in [2.24, 2.45) is 11.3 Å². The Morgan fingerprint density at radius 2 is 1.70 bits per heavy atom. The van der Waals surface area contributed by atoms with Gasteiger partial charge in [-0.15, -0.1) is 0 Å². The maximum Gasteiger partial charge on any atom is 0.349 e. The molecule has 6 nitrogen and oxygen atoms in total. The molecule has 0 radical (unpaired) electrons. The number of esters is 1. The van der Waals surface area contributed by atoms with Crippen molar-refractivity contribution in [2.45, 2.75) is 45.1 Å². The largest absolute Gasteiger partial charge is 0.481 e. The maximum absolute atomic E-state index is 11.8. The number of carboxylic acid groups (broad SMARTS) is 2. The van der Waals surface area contributed by atoms with Gasteiger partial charge >= 0.3 is 17.9 Å². The lowest BCUT2D eigenvalue weighted by Gasteiger charge is -2.49. The Bertz CT molecular complexity index is 441. The molecule has 2 unspecified atom stereocenters. The normalized spacial score (nSPS) is 29.8. The molecule has 0 spiro atoms. The SMILES string of the molecule is C=CC(=O)OC1(C(=O)O)CCCCC1(C(=O)O)C(C)C. The molecule has 0 aromatic rings. The molecular formula is C14H20O6. The lowest BCUT2D eigenvalue weighted by Crippen LogP contribution is -2.64. The number of carboxylic acids is 2. The van der Waals surface area contributed by atoms with Crippen molar-refractivity contribution < 1.29 is 29.3 Å². The third-order valence-electron chi connectivity index (χ3n) is 4.22. The van der Waals surface area contributed by atoms with Crippen LogP contribution in [0.15, 0.2) is 12.7 Å². The second-order valence-corrected chi connectivity index (χ2v) is 5.40. The predicted octanol–water partition coefficient (Wildman–Crippen LogP) is 1.84. The first-order chi connectivity index (χ1) is 9.24. The number of ether oxygens (including phenoxy) is 1. The Labute approximate surface area is 117 Å². The van der Waals surface area contributed by atoms with Crippen LogP contribution in [-0.4, -0.2) is 33.7 Å². The van der Waals surface area contributed by atoms with Crippen LogP contribution in [0.3, 0.4) is 0 Å². The van der Waals surface area contributed by atoms with E-state index in [0.29, 0.717) is 12.8 Å². The average Bonchev–Trinajstić information content (AvgIpc) is 2.37. The summed E-state index contributed by atoms with van der Waals surface area (Å²) in [4.78, 5) is 35.1. The topological polar surface area (TPSA) is 101 Å². The summed E-state index contributed by atoms with van der Waals surface area (Å²) in [5, 5.41) is 19.2. The Morgan fingerprint density at radius 3 is 2.10 bits per heavy atom. The molecule has 0 aliphatic heterocycles. The predicted molar refractivity (Wildman–Crippen MR) is 70.0 cm³/mol. The zero-order chi connectivity index (χ0) is 15.6. The molecule has 1 rings (SSSR count). The third kappa shape index (κ3) is 2.19. The van der Waals surface area contributed by atoms with E-state index in [-0.39, 0.29) is 12.8 Å². The van der Waals surface area contributed by atoms with E-state index in [2.05, 4.69) is 6.58 Å². The number of rotatable bonds is 5. The molecule has 0 saturated heterocycles. The van der Waals surface area contributed by atoms with Crippen molar-refractivity contribution in [3.63, 3.8) is 0 Å². The third-order valence-corrected chi connectivity index (χ3v) is 4.22. The summed E-state index contributed by atoms with van der Waals surface area (Å²) in [6, 6.07) is 0. The van der Waals surface area contributed by atoms with Crippen LogP contribution in [0.1, 0.15) is 39.5 Å². The molecule has 2 atom stereocenters. The minimum atomic E-state index is -2.05. The molecule has 2 N–H and O–H groups in total. The van der Waals surface area contributed by atoms with Gasteiger partial charge in [0.25, 0.3) is 0 Å². The fourth-order valence-corrected chi connectivity index (χ4v) is 3.18. The average molecular weight is 284 g/mol. The van der Waals surface area contributed by atoms with Crippen molar-refractivity contribution in [1.29, 1.82) is 0 Å². The first kappa shape index (κ1) is 16.2. The van der Waals surface area contributed by atoms with E-state index < -0.39 is 34.8 Å². The van der Waals surface area contributed by atoms with Crippen molar-refractivity contribution in [3.05, 3.63) is 12.7 Å². The standard InChI is InChI=1S/C14H20O6/c1-4-10(15)20-14(12(18)19)8-6-5-7-13(14,9(2)3)11(16)17/h4,9H,1,5-8H2,2-3H3,(H,16,17)(H,18,19). The fraction of sp³-hybridized carbons (Fsp3) is 0.643. The quantitative estimate of drug-likeness (QED) is 0.590. The van der Waals surface area contributed by atoms with Gasteiger partial charge in [0, 0.05) is 6.08 Å². The molecule has 20 heavy (non-hydrogen) atoms. The molecule has 1 aliphatic carbocycles. The van der Waals surface area contributed by atoms with Gasteiger partial charge in [-0.2, -0.15) is 0 Å². The van der Waals surface area contributed by atoms with E-state index in [1.807, 2.05) is 0 Å². The lowest BCUT2D eigenvalue weighted by molar-refractivity contribution is -0.215. The molecule has 1 saturated carbocycles. The zero-order valence-electron chi connectivity index (χ0n) is 11.7. The summed E-state index contributed by atoms with van der Waals surface area (Å²) in [6.45, 7) is 6.51. The first-order valence-corrected chi connectivity index (χ1v) is 6.57. The Morgan fingerprint density at radius 1 is 1.15 bits per heavy atom. The summed E-state index contributed by atoms with van der Waals surface area (Å²) in [7, 11) is 0. The highest BCUT2D eigenvalue weighted by atomic mass is 16.6. The second-order valence-electron chi connectivity index (χ2n) is 5.40. The zero-order valence-corrected chi connectivity index (χ0v) is 11.7. The molecule has 0 bridgehead atoms. The van der Waals surface area contributed by atoms with Gasteiger partial charge < -0.3 is 14.9 Å². The highest BCUT2D eigenvalue weighted by molar-refractivity contribution is 5.93. The fourth-order valence-electron chi connectivity index (χ4n) is 3.18. The lowest BCUT2D eigenvalue weighted by atomic mass is 9.57. The molecule has 1 fully saturated rings. The molecule has 0 heterocycles. The molecule has 0 aromatic carbocycles. The van der Waals surface area contributed by atoms with Crippen LogP contribution in [0.4, 0.5) is 0 Å². The van der Waals surface area contributed by atoms with Crippen molar-refractivity contribution in [3.8, 4) is 0 Å². The second kappa shape index (κ2) is 5.64. The van der Waals surface area contributed by atoms with Crippen LogP contribution in [0, 0.1) is 11.3 Å². The van der Waals surface area contributed by atoms with Gasteiger partial charge in [0.05, 0.1) is 0 Å².